The van der Waals surface area contributed by atoms with E-state index in [1.165, 1.54) is 18.4 Å². The molecule has 1 aromatic carbocycles. The van der Waals surface area contributed by atoms with Crippen LogP contribution in [0.3, 0.4) is 0 Å². The third kappa shape index (κ3) is 1.73. The lowest BCUT2D eigenvalue weighted by molar-refractivity contribution is -0.0804. The highest BCUT2D eigenvalue weighted by Crippen LogP contribution is 2.76. The molecule has 2 bridgehead atoms. The monoisotopic (exact) mass is 310 g/mol. The maximum absolute atomic E-state index is 6.76. The van der Waals surface area contributed by atoms with Gasteiger partial charge in [-0.3, -0.25) is 0 Å². The zero-order valence-electron chi connectivity index (χ0n) is 14.8. The van der Waals surface area contributed by atoms with Crippen LogP contribution in [0.1, 0.15) is 46.1 Å². The van der Waals surface area contributed by atoms with Gasteiger partial charge in [0.2, 0.25) is 0 Å². The number of hydrogen-bond donors (Lipinski definition) is 0. The lowest BCUT2D eigenvalue weighted by Gasteiger charge is -2.48. The van der Waals surface area contributed by atoms with Crippen LogP contribution in [0, 0.1) is 16.7 Å². The standard InChI is InChI=1S/C20H27BO2/c1-14(2)13-21-22-17-16-11-12-19(5,18(16,3)4)20(17,23-21)15-9-7-6-8-10-15/h6-10,16-17H,1,11-13H2,2-5H3/t16-,17?,19-,20-/m1/s1. The van der Waals surface area contributed by atoms with E-state index in [2.05, 4.69) is 64.6 Å². The molecule has 4 atom stereocenters. The van der Waals surface area contributed by atoms with Crippen molar-refractivity contribution < 1.29 is 9.31 Å². The van der Waals surface area contributed by atoms with Crippen LogP contribution in [0.15, 0.2) is 42.5 Å². The van der Waals surface area contributed by atoms with Crippen molar-refractivity contribution >= 4 is 7.12 Å². The van der Waals surface area contributed by atoms with Gasteiger partial charge in [-0.15, -0.1) is 6.58 Å². The minimum Gasteiger partial charge on any atom is -0.404 e. The van der Waals surface area contributed by atoms with Crippen molar-refractivity contribution in [1.29, 1.82) is 0 Å². The van der Waals surface area contributed by atoms with E-state index in [0.29, 0.717) is 5.92 Å². The molecule has 122 valence electrons. The van der Waals surface area contributed by atoms with E-state index >= 15 is 0 Å². The topological polar surface area (TPSA) is 18.5 Å². The molecule has 1 aromatic rings. The number of rotatable bonds is 3. The molecule has 2 aliphatic carbocycles. The van der Waals surface area contributed by atoms with Crippen LogP contribution in [0.25, 0.3) is 0 Å². The lowest BCUT2D eigenvalue weighted by Crippen LogP contribution is -2.50. The van der Waals surface area contributed by atoms with Crippen molar-refractivity contribution in [2.45, 2.75) is 58.6 Å². The first-order chi connectivity index (χ1) is 10.8. The fraction of sp³-hybridized carbons (Fsp3) is 0.600. The van der Waals surface area contributed by atoms with E-state index in [9.17, 15) is 0 Å². The lowest BCUT2D eigenvalue weighted by atomic mass is 9.61. The van der Waals surface area contributed by atoms with Crippen LogP contribution in [0.4, 0.5) is 0 Å². The zero-order chi connectivity index (χ0) is 16.5. The zero-order valence-corrected chi connectivity index (χ0v) is 14.8. The van der Waals surface area contributed by atoms with Crippen molar-refractivity contribution in [2.75, 3.05) is 0 Å². The Kier molecular flexibility index (Phi) is 3.19. The first-order valence-corrected chi connectivity index (χ1v) is 8.86. The van der Waals surface area contributed by atoms with Gasteiger partial charge in [0.1, 0.15) is 5.60 Å². The van der Waals surface area contributed by atoms with E-state index in [-0.39, 0.29) is 29.7 Å². The molecule has 2 nitrogen and oxygen atoms in total. The molecular weight excluding hydrogens is 283 g/mol. The van der Waals surface area contributed by atoms with Crippen LogP contribution in [0.2, 0.25) is 6.32 Å². The number of benzene rings is 1. The number of hydrogen-bond acceptors (Lipinski definition) is 2. The quantitative estimate of drug-likeness (QED) is 0.589. The predicted molar refractivity (Wildman–Crippen MR) is 94.1 cm³/mol. The summed E-state index contributed by atoms with van der Waals surface area (Å²) < 4.78 is 13.3. The van der Waals surface area contributed by atoms with Gasteiger partial charge in [0.05, 0.1) is 6.10 Å². The second-order valence-electron chi connectivity index (χ2n) is 8.57. The summed E-state index contributed by atoms with van der Waals surface area (Å²) in [6.45, 7) is 13.3. The minimum absolute atomic E-state index is 0.0977. The minimum atomic E-state index is -0.319. The van der Waals surface area contributed by atoms with Crippen molar-refractivity contribution in [1.82, 2.24) is 0 Å². The molecule has 1 unspecified atom stereocenters. The molecule has 0 spiro atoms. The normalized spacial score (nSPS) is 40.4. The van der Waals surface area contributed by atoms with Gasteiger partial charge in [0.25, 0.3) is 0 Å². The first kappa shape index (κ1) is 15.5. The Balaban J connectivity index is 1.85. The maximum Gasteiger partial charge on any atom is 0.462 e. The highest BCUT2D eigenvalue weighted by molar-refractivity contribution is 6.46. The molecule has 4 rings (SSSR count). The molecule has 1 aliphatic heterocycles. The molecule has 3 heteroatoms. The molecule has 1 heterocycles. The summed E-state index contributed by atoms with van der Waals surface area (Å²) in [5, 5.41) is 0. The Morgan fingerprint density at radius 2 is 1.96 bits per heavy atom. The predicted octanol–water partition coefficient (Wildman–Crippen LogP) is 4.82. The summed E-state index contributed by atoms with van der Waals surface area (Å²) in [5.41, 5.74) is 2.41. The molecule has 3 fully saturated rings. The van der Waals surface area contributed by atoms with E-state index in [1.807, 2.05) is 0 Å². The fourth-order valence-corrected chi connectivity index (χ4v) is 5.73. The summed E-state index contributed by atoms with van der Waals surface area (Å²) in [4.78, 5) is 0. The van der Waals surface area contributed by atoms with Gasteiger partial charge in [-0.2, -0.15) is 0 Å². The third-order valence-electron chi connectivity index (χ3n) is 7.22. The van der Waals surface area contributed by atoms with Crippen molar-refractivity contribution in [3.05, 3.63) is 48.0 Å². The summed E-state index contributed by atoms with van der Waals surface area (Å²) in [5.74, 6) is 0.558. The smallest absolute Gasteiger partial charge is 0.404 e. The molecule has 23 heavy (non-hydrogen) atoms. The van der Waals surface area contributed by atoms with Gasteiger partial charge < -0.3 is 9.31 Å². The van der Waals surface area contributed by atoms with Gasteiger partial charge >= 0.3 is 7.12 Å². The largest absolute Gasteiger partial charge is 0.462 e. The van der Waals surface area contributed by atoms with Crippen LogP contribution >= 0.6 is 0 Å². The Morgan fingerprint density at radius 1 is 1.26 bits per heavy atom. The Hall–Kier alpha value is -1.06. The van der Waals surface area contributed by atoms with Crippen LogP contribution in [-0.2, 0) is 14.9 Å². The molecule has 2 saturated carbocycles. The molecule has 0 radical (unpaired) electrons. The second-order valence-corrected chi connectivity index (χ2v) is 8.57. The van der Waals surface area contributed by atoms with Gasteiger partial charge in [-0.05, 0) is 36.7 Å². The van der Waals surface area contributed by atoms with Crippen molar-refractivity contribution in [2.24, 2.45) is 16.7 Å². The van der Waals surface area contributed by atoms with Gasteiger partial charge in [-0.1, -0.05) is 56.7 Å². The van der Waals surface area contributed by atoms with Crippen LogP contribution < -0.4 is 0 Å². The number of fused-ring (bicyclic) bond motifs is 5. The molecule has 3 aliphatic rings. The van der Waals surface area contributed by atoms with Crippen molar-refractivity contribution in [3.8, 4) is 0 Å². The second kappa shape index (κ2) is 4.74. The molecule has 1 saturated heterocycles. The Labute approximate surface area is 140 Å². The number of allylic oxidation sites excluding steroid dienone is 1. The van der Waals surface area contributed by atoms with Gasteiger partial charge in [0.15, 0.2) is 0 Å². The van der Waals surface area contributed by atoms with E-state index in [4.69, 9.17) is 9.31 Å². The van der Waals surface area contributed by atoms with Crippen LogP contribution in [-0.4, -0.2) is 13.2 Å². The van der Waals surface area contributed by atoms with E-state index < -0.39 is 0 Å². The summed E-state index contributed by atoms with van der Waals surface area (Å²) in [6.07, 6.45) is 3.39. The van der Waals surface area contributed by atoms with E-state index in [1.54, 1.807) is 0 Å². The summed E-state index contributed by atoms with van der Waals surface area (Å²) in [6, 6.07) is 10.8. The Morgan fingerprint density at radius 3 is 2.61 bits per heavy atom. The maximum atomic E-state index is 6.76. The summed E-state index contributed by atoms with van der Waals surface area (Å²) >= 11 is 0. The van der Waals surface area contributed by atoms with Crippen molar-refractivity contribution in [3.63, 3.8) is 0 Å². The molecule has 0 N–H and O–H groups in total. The highest BCUT2D eigenvalue weighted by Gasteiger charge is 2.78. The average Bonchev–Trinajstić information content (AvgIpc) is 3.02. The molecular formula is C20H27BO2. The first-order valence-electron chi connectivity index (χ1n) is 8.86. The third-order valence-corrected chi connectivity index (χ3v) is 7.22. The SMILES string of the molecule is C=C(C)CB1OC2[C@H]3CC[C@](C)(C3(C)C)[C@]2(c2ccccc2)O1. The van der Waals surface area contributed by atoms with E-state index in [0.717, 1.165) is 11.9 Å². The van der Waals surface area contributed by atoms with Gasteiger partial charge in [-0.25, -0.2) is 0 Å². The summed E-state index contributed by atoms with van der Waals surface area (Å²) in [7, 11) is -0.159. The van der Waals surface area contributed by atoms with Crippen LogP contribution in [0.5, 0.6) is 0 Å². The van der Waals surface area contributed by atoms with Gasteiger partial charge in [0, 0.05) is 11.7 Å². The molecule has 0 amide bonds. The highest BCUT2D eigenvalue weighted by atomic mass is 16.7. The fourth-order valence-electron chi connectivity index (χ4n) is 5.73. The average molecular weight is 310 g/mol. The Bertz CT molecular complexity index is 640. The molecule has 0 aromatic heterocycles.